The van der Waals surface area contributed by atoms with Gasteiger partial charge in [0.2, 0.25) is 0 Å². The number of thioether (sulfide) groups is 1. The van der Waals surface area contributed by atoms with Gasteiger partial charge >= 0.3 is 5.97 Å². The molecule has 0 aromatic carbocycles. The highest BCUT2D eigenvalue weighted by Gasteiger charge is 2.14. The Labute approximate surface area is 96.8 Å². The van der Waals surface area contributed by atoms with Gasteiger partial charge in [0.25, 0.3) is 0 Å². The maximum absolute atomic E-state index is 11.6. The van der Waals surface area contributed by atoms with Crippen LogP contribution in [0, 0.1) is 0 Å². The molecule has 0 saturated heterocycles. The van der Waals surface area contributed by atoms with Crippen LogP contribution in [-0.4, -0.2) is 33.4 Å². The van der Waals surface area contributed by atoms with Gasteiger partial charge < -0.3 is 4.74 Å². The SMILES string of the molecule is CCOC(=O)c1cnn2c(SC)nccc12. The number of aromatic nitrogens is 3. The number of nitrogens with zero attached hydrogens (tertiary/aromatic N) is 3. The fraction of sp³-hybridized carbons (Fsp3) is 0.300. The molecule has 5 nitrogen and oxygen atoms in total. The highest BCUT2D eigenvalue weighted by atomic mass is 32.2. The molecule has 0 spiro atoms. The number of carbonyl (C=O) groups excluding carboxylic acids is 1. The summed E-state index contributed by atoms with van der Waals surface area (Å²) in [6.07, 6.45) is 5.08. The van der Waals surface area contributed by atoms with Gasteiger partial charge in [-0.3, -0.25) is 0 Å². The lowest BCUT2D eigenvalue weighted by atomic mass is 10.3. The Kier molecular flexibility index (Phi) is 3.09. The zero-order valence-electron chi connectivity index (χ0n) is 9.01. The summed E-state index contributed by atoms with van der Waals surface area (Å²) >= 11 is 1.47. The molecule has 16 heavy (non-hydrogen) atoms. The number of rotatable bonds is 3. The van der Waals surface area contributed by atoms with Gasteiger partial charge in [-0.05, 0) is 19.2 Å². The van der Waals surface area contributed by atoms with Crippen LogP contribution in [-0.2, 0) is 4.74 Å². The van der Waals surface area contributed by atoms with Gasteiger partial charge in [-0.1, -0.05) is 11.8 Å². The van der Waals surface area contributed by atoms with Crippen LogP contribution in [0.4, 0.5) is 0 Å². The van der Waals surface area contributed by atoms with Crippen molar-refractivity contribution >= 4 is 23.2 Å². The predicted molar refractivity (Wildman–Crippen MR) is 60.7 cm³/mol. The standard InChI is InChI=1S/C10H11N3O2S/c1-3-15-9(14)7-6-12-13-8(7)4-5-11-10(13)16-2/h4-6H,3H2,1-2H3. The van der Waals surface area contributed by atoms with E-state index in [9.17, 15) is 4.79 Å². The van der Waals surface area contributed by atoms with Crippen molar-refractivity contribution in [1.29, 1.82) is 0 Å². The third kappa shape index (κ3) is 1.76. The molecule has 0 unspecified atom stereocenters. The van der Waals surface area contributed by atoms with Crippen LogP contribution < -0.4 is 0 Å². The minimum atomic E-state index is -0.351. The molecule has 0 fully saturated rings. The summed E-state index contributed by atoms with van der Waals surface area (Å²) in [4.78, 5) is 15.8. The summed E-state index contributed by atoms with van der Waals surface area (Å²) in [5.74, 6) is -0.351. The summed E-state index contributed by atoms with van der Waals surface area (Å²) in [6.45, 7) is 2.13. The van der Waals surface area contributed by atoms with E-state index in [0.717, 1.165) is 10.7 Å². The summed E-state index contributed by atoms with van der Waals surface area (Å²) in [5.41, 5.74) is 1.19. The van der Waals surface area contributed by atoms with Gasteiger partial charge in [0, 0.05) is 6.20 Å². The van der Waals surface area contributed by atoms with Crippen molar-refractivity contribution in [3.05, 3.63) is 24.0 Å². The molecular weight excluding hydrogens is 226 g/mol. The van der Waals surface area contributed by atoms with Gasteiger partial charge in [0.05, 0.1) is 18.3 Å². The van der Waals surface area contributed by atoms with Gasteiger partial charge in [-0.15, -0.1) is 0 Å². The Morgan fingerprint density at radius 3 is 3.12 bits per heavy atom. The Bertz CT molecular complexity index is 524. The fourth-order valence-corrected chi connectivity index (χ4v) is 1.89. The summed E-state index contributed by atoms with van der Waals surface area (Å²) in [5, 5.41) is 4.87. The van der Waals surface area contributed by atoms with Gasteiger partial charge in [-0.25, -0.2) is 14.3 Å². The second kappa shape index (κ2) is 4.52. The second-order valence-corrected chi connectivity index (χ2v) is 3.78. The number of esters is 1. The molecule has 0 amide bonds. The van der Waals surface area contributed by atoms with Crippen LogP contribution in [0.3, 0.4) is 0 Å². The molecule has 0 aliphatic heterocycles. The molecular formula is C10H11N3O2S. The topological polar surface area (TPSA) is 56.5 Å². The largest absolute Gasteiger partial charge is 0.462 e. The number of fused-ring (bicyclic) bond motifs is 1. The average Bonchev–Trinajstić information content (AvgIpc) is 2.72. The maximum Gasteiger partial charge on any atom is 0.341 e. The van der Waals surface area contributed by atoms with Crippen LogP contribution in [0.25, 0.3) is 5.52 Å². The molecule has 2 rings (SSSR count). The molecule has 0 aliphatic carbocycles. The summed E-state index contributed by atoms with van der Waals surface area (Å²) < 4.78 is 6.58. The smallest absolute Gasteiger partial charge is 0.341 e. The third-order valence-electron chi connectivity index (χ3n) is 2.08. The van der Waals surface area contributed by atoms with E-state index in [4.69, 9.17) is 4.74 Å². The molecule has 0 radical (unpaired) electrons. The Morgan fingerprint density at radius 2 is 2.44 bits per heavy atom. The minimum Gasteiger partial charge on any atom is -0.462 e. The number of ether oxygens (including phenoxy) is 1. The van der Waals surface area contributed by atoms with E-state index in [1.165, 1.54) is 18.0 Å². The molecule has 2 aromatic rings. The first-order valence-corrected chi connectivity index (χ1v) is 6.04. The lowest BCUT2D eigenvalue weighted by molar-refractivity contribution is 0.0528. The van der Waals surface area contributed by atoms with Crippen LogP contribution in [0.5, 0.6) is 0 Å². The summed E-state index contributed by atoms with van der Waals surface area (Å²) in [6, 6.07) is 1.75. The highest BCUT2D eigenvalue weighted by Crippen LogP contribution is 2.17. The average molecular weight is 237 g/mol. The van der Waals surface area contributed by atoms with Crippen LogP contribution in [0.1, 0.15) is 17.3 Å². The van der Waals surface area contributed by atoms with E-state index < -0.39 is 0 Å². The predicted octanol–water partition coefficient (Wildman–Crippen LogP) is 1.63. The van der Waals surface area contributed by atoms with Crippen LogP contribution in [0.2, 0.25) is 0 Å². The first kappa shape index (κ1) is 10.9. The van der Waals surface area contributed by atoms with Crippen molar-refractivity contribution in [2.75, 3.05) is 12.9 Å². The number of carbonyl (C=O) groups is 1. The van der Waals surface area contributed by atoms with Gasteiger partial charge in [-0.2, -0.15) is 5.10 Å². The summed E-state index contributed by atoms with van der Waals surface area (Å²) in [7, 11) is 0. The first-order valence-electron chi connectivity index (χ1n) is 4.81. The molecule has 0 atom stereocenters. The molecule has 0 bridgehead atoms. The quantitative estimate of drug-likeness (QED) is 0.461. The van der Waals surface area contributed by atoms with Crippen molar-refractivity contribution in [1.82, 2.24) is 14.6 Å². The maximum atomic E-state index is 11.6. The molecule has 6 heteroatoms. The second-order valence-electron chi connectivity index (χ2n) is 3.01. The van der Waals surface area contributed by atoms with Crippen LogP contribution in [0.15, 0.2) is 23.6 Å². The van der Waals surface area contributed by atoms with Crippen molar-refractivity contribution in [2.45, 2.75) is 12.1 Å². The van der Waals surface area contributed by atoms with Gasteiger partial charge in [0.1, 0.15) is 5.56 Å². The monoisotopic (exact) mass is 237 g/mol. The molecule has 2 aromatic heterocycles. The Balaban J connectivity index is 2.53. The van der Waals surface area contributed by atoms with Gasteiger partial charge in [0.15, 0.2) is 5.16 Å². The Morgan fingerprint density at radius 1 is 1.62 bits per heavy atom. The molecule has 0 saturated carbocycles. The van der Waals surface area contributed by atoms with Crippen LogP contribution >= 0.6 is 11.8 Å². The van der Waals surface area contributed by atoms with E-state index in [1.807, 2.05) is 6.26 Å². The van der Waals surface area contributed by atoms with Crippen molar-refractivity contribution in [3.8, 4) is 0 Å². The highest BCUT2D eigenvalue weighted by molar-refractivity contribution is 7.98. The fourth-order valence-electron chi connectivity index (χ4n) is 1.40. The minimum absolute atomic E-state index is 0.351. The zero-order chi connectivity index (χ0) is 11.5. The Hall–Kier alpha value is -1.56. The van der Waals surface area contributed by atoms with E-state index in [-0.39, 0.29) is 5.97 Å². The number of hydrogen-bond donors (Lipinski definition) is 0. The normalized spacial score (nSPS) is 10.6. The third-order valence-corrected chi connectivity index (χ3v) is 2.73. The first-order chi connectivity index (χ1) is 7.77. The molecule has 0 aliphatic rings. The van der Waals surface area contributed by atoms with E-state index in [2.05, 4.69) is 10.1 Å². The molecule has 84 valence electrons. The van der Waals surface area contributed by atoms with E-state index in [1.54, 1.807) is 23.7 Å². The zero-order valence-corrected chi connectivity index (χ0v) is 9.82. The molecule has 0 N–H and O–H groups in total. The lowest BCUT2D eigenvalue weighted by Crippen LogP contribution is -2.04. The van der Waals surface area contributed by atoms with E-state index in [0.29, 0.717) is 12.2 Å². The molecule has 2 heterocycles. The van der Waals surface area contributed by atoms with Crippen molar-refractivity contribution < 1.29 is 9.53 Å². The number of hydrogen-bond acceptors (Lipinski definition) is 5. The lowest BCUT2D eigenvalue weighted by Gasteiger charge is -2.01. The van der Waals surface area contributed by atoms with Crippen molar-refractivity contribution in [3.63, 3.8) is 0 Å². The van der Waals surface area contributed by atoms with E-state index >= 15 is 0 Å². The van der Waals surface area contributed by atoms with Crippen molar-refractivity contribution in [2.24, 2.45) is 0 Å².